The Hall–Kier alpha value is -0.810. The second kappa shape index (κ2) is 6.63. The molecular weight excluding hydrogens is 218 g/mol. The zero-order chi connectivity index (χ0) is 12.0. The van der Waals surface area contributed by atoms with Gasteiger partial charge in [-0.2, -0.15) is 0 Å². The number of imide groups is 1. The van der Waals surface area contributed by atoms with Crippen molar-refractivity contribution in [2.75, 3.05) is 34.2 Å². The second-order valence-corrected chi connectivity index (χ2v) is 4.29. The van der Waals surface area contributed by atoms with Crippen LogP contribution in [0.25, 0.3) is 0 Å². The number of hydrogen-bond acceptors (Lipinski definition) is 3. The van der Waals surface area contributed by atoms with Gasteiger partial charge in [0.2, 0.25) is 5.91 Å². The SMILES string of the molecule is CC(Cl)C(=O)NC(=O)N(C)CCN(C)C. The number of halogens is 1. The van der Waals surface area contributed by atoms with Crippen molar-refractivity contribution in [2.45, 2.75) is 12.3 Å². The van der Waals surface area contributed by atoms with Crippen LogP contribution in [0.1, 0.15) is 6.92 Å². The van der Waals surface area contributed by atoms with Crippen molar-refractivity contribution in [1.82, 2.24) is 15.1 Å². The standard InChI is InChI=1S/C9H18ClN3O2/c1-7(10)8(14)11-9(15)13(4)6-5-12(2)3/h7H,5-6H2,1-4H3,(H,11,14,15). The summed E-state index contributed by atoms with van der Waals surface area (Å²) in [6.07, 6.45) is 0. The van der Waals surface area contributed by atoms with Crippen molar-refractivity contribution >= 4 is 23.5 Å². The van der Waals surface area contributed by atoms with Crippen molar-refractivity contribution in [2.24, 2.45) is 0 Å². The number of carbonyl (C=O) groups excluding carboxylic acids is 2. The smallest absolute Gasteiger partial charge is 0.323 e. The Labute approximate surface area is 95.4 Å². The van der Waals surface area contributed by atoms with E-state index in [1.165, 1.54) is 11.8 Å². The number of carbonyl (C=O) groups is 2. The molecule has 0 radical (unpaired) electrons. The molecule has 0 bridgehead atoms. The average molecular weight is 236 g/mol. The molecule has 0 rings (SSSR count). The largest absolute Gasteiger partial charge is 0.326 e. The summed E-state index contributed by atoms with van der Waals surface area (Å²) in [7, 11) is 5.46. The molecule has 1 unspecified atom stereocenters. The summed E-state index contributed by atoms with van der Waals surface area (Å²) in [5.41, 5.74) is 0. The van der Waals surface area contributed by atoms with Gasteiger partial charge in [-0.05, 0) is 21.0 Å². The third-order valence-corrected chi connectivity index (χ3v) is 2.02. The van der Waals surface area contributed by atoms with Crippen molar-refractivity contribution in [1.29, 1.82) is 0 Å². The fourth-order valence-electron chi connectivity index (χ4n) is 0.752. The maximum atomic E-state index is 11.4. The number of hydrogen-bond donors (Lipinski definition) is 1. The molecule has 0 aliphatic carbocycles. The van der Waals surface area contributed by atoms with E-state index in [4.69, 9.17) is 11.6 Å². The number of nitrogens with one attached hydrogen (secondary N) is 1. The van der Waals surface area contributed by atoms with Crippen molar-refractivity contribution in [3.8, 4) is 0 Å². The molecule has 0 spiro atoms. The van der Waals surface area contributed by atoms with E-state index in [0.29, 0.717) is 6.54 Å². The molecule has 0 aromatic carbocycles. The Morgan fingerprint density at radius 1 is 1.27 bits per heavy atom. The summed E-state index contributed by atoms with van der Waals surface area (Å²) in [5.74, 6) is -0.474. The fourth-order valence-corrected chi connectivity index (χ4v) is 0.806. The first kappa shape index (κ1) is 14.2. The highest BCUT2D eigenvalue weighted by Gasteiger charge is 2.15. The van der Waals surface area contributed by atoms with E-state index in [9.17, 15) is 9.59 Å². The van der Waals surface area contributed by atoms with E-state index >= 15 is 0 Å². The minimum atomic E-state index is -0.698. The molecule has 0 saturated carbocycles. The van der Waals surface area contributed by atoms with Gasteiger partial charge in [0.1, 0.15) is 5.38 Å². The van der Waals surface area contributed by atoms with E-state index in [-0.39, 0.29) is 0 Å². The van der Waals surface area contributed by atoms with Gasteiger partial charge in [0.25, 0.3) is 0 Å². The summed E-state index contributed by atoms with van der Waals surface area (Å²) in [5, 5.41) is 1.50. The second-order valence-electron chi connectivity index (χ2n) is 3.64. The molecule has 0 aromatic rings. The van der Waals surface area contributed by atoms with E-state index in [2.05, 4.69) is 5.32 Å². The lowest BCUT2D eigenvalue weighted by Crippen LogP contribution is -2.45. The number of alkyl halides is 1. The Balaban J connectivity index is 3.94. The van der Waals surface area contributed by atoms with Crippen LogP contribution >= 0.6 is 11.6 Å². The Morgan fingerprint density at radius 2 is 1.80 bits per heavy atom. The van der Waals surface area contributed by atoms with Gasteiger partial charge in [0, 0.05) is 20.1 Å². The first-order valence-corrected chi connectivity index (χ1v) is 5.13. The van der Waals surface area contributed by atoms with Crippen LogP contribution < -0.4 is 5.32 Å². The minimum absolute atomic E-state index is 0.422. The van der Waals surface area contributed by atoms with Gasteiger partial charge >= 0.3 is 6.03 Å². The first-order valence-electron chi connectivity index (χ1n) is 4.69. The highest BCUT2D eigenvalue weighted by molar-refractivity contribution is 6.31. The molecule has 88 valence electrons. The van der Waals surface area contributed by atoms with Crippen molar-refractivity contribution < 1.29 is 9.59 Å². The van der Waals surface area contributed by atoms with E-state index in [1.807, 2.05) is 19.0 Å². The van der Waals surface area contributed by atoms with Crippen LogP contribution in [0, 0.1) is 0 Å². The maximum Gasteiger partial charge on any atom is 0.323 e. The summed E-state index contributed by atoms with van der Waals surface area (Å²) < 4.78 is 0. The molecular formula is C9H18ClN3O2. The topological polar surface area (TPSA) is 52.7 Å². The summed E-state index contributed by atoms with van der Waals surface area (Å²) in [4.78, 5) is 25.9. The van der Waals surface area contributed by atoms with Gasteiger partial charge in [-0.1, -0.05) is 0 Å². The molecule has 15 heavy (non-hydrogen) atoms. The molecule has 5 nitrogen and oxygen atoms in total. The van der Waals surface area contributed by atoms with E-state index < -0.39 is 17.3 Å². The Kier molecular flexibility index (Phi) is 6.27. The van der Waals surface area contributed by atoms with Gasteiger partial charge in [-0.15, -0.1) is 11.6 Å². The van der Waals surface area contributed by atoms with Crippen LogP contribution in [0.2, 0.25) is 0 Å². The fraction of sp³-hybridized carbons (Fsp3) is 0.778. The molecule has 0 saturated heterocycles. The molecule has 1 N–H and O–H groups in total. The Bertz CT molecular complexity index is 231. The average Bonchev–Trinajstić information content (AvgIpc) is 2.13. The van der Waals surface area contributed by atoms with Gasteiger partial charge in [0.05, 0.1) is 0 Å². The molecule has 0 aliphatic rings. The van der Waals surface area contributed by atoms with Crippen LogP contribution in [-0.4, -0.2) is 61.3 Å². The van der Waals surface area contributed by atoms with Gasteiger partial charge in [0.15, 0.2) is 0 Å². The molecule has 3 amide bonds. The molecule has 1 atom stereocenters. The number of nitrogens with zero attached hydrogens (tertiary/aromatic N) is 2. The predicted octanol–water partition coefficient (Wildman–Crippen LogP) is 0.343. The highest BCUT2D eigenvalue weighted by Crippen LogP contribution is 1.93. The van der Waals surface area contributed by atoms with Crippen LogP contribution in [0.3, 0.4) is 0 Å². The quantitative estimate of drug-likeness (QED) is 0.716. The van der Waals surface area contributed by atoms with Crippen LogP contribution in [0.5, 0.6) is 0 Å². The van der Waals surface area contributed by atoms with Crippen LogP contribution in [0.4, 0.5) is 4.79 Å². The first-order chi connectivity index (χ1) is 6.84. The maximum absolute atomic E-state index is 11.4. The van der Waals surface area contributed by atoms with Gasteiger partial charge in [-0.25, -0.2) is 4.79 Å². The summed E-state index contributed by atoms with van der Waals surface area (Å²) in [6, 6.07) is -0.422. The lowest BCUT2D eigenvalue weighted by atomic mass is 10.4. The zero-order valence-electron chi connectivity index (χ0n) is 9.58. The Morgan fingerprint density at radius 3 is 2.20 bits per heavy atom. The number of amides is 3. The third kappa shape index (κ3) is 6.30. The number of urea groups is 1. The number of likely N-dealkylation sites (N-methyl/N-ethyl adjacent to an activating group) is 2. The van der Waals surface area contributed by atoms with Crippen molar-refractivity contribution in [3.05, 3.63) is 0 Å². The molecule has 0 heterocycles. The van der Waals surface area contributed by atoms with Gasteiger partial charge in [-0.3, -0.25) is 10.1 Å². The van der Waals surface area contributed by atoms with Crippen LogP contribution in [0.15, 0.2) is 0 Å². The monoisotopic (exact) mass is 235 g/mol. The third-order valence-electron chi connectivity index (χ3n) is 1.82. The lowest BCUT2D eigenvalue weighted by Gasteiger charge is -2.19. The molecule has 0 aliphatic heterocycles. The highest BCUT2D eigenvalue weighted by atomic mass is 35.5. The molecule has 0 fully saturated rings. The van der Waals surface area contributed by atoms with E-state index in [0.717, 1.165) is 6.54 Å². The normalized spacial score (nSPS) is 12.4. The predicted molar refractivity (Wildman–Crippen MR) is 60.0 cm³/mol. The van der Waals surface area contributed by atoms with E-state index in [1.54, 1.807) is 7.05 Å². The lowest BCUT2D eigenvalue weighted by molar-refractivity contribution is -0.119. The molecule has 0 aromatic heterocycles. The van der Waals surface area contributed by atoms with Crippen molar-refractivity contribution in [3.63, 3.8) is 0 Å². The zero-order valence-corrected chi connectivity index (χ0v) is 10.3. The summed E-state index contributed by atoms with van der Waals surface area (Å²) >= 11 is 5.51. The summed E-state index contributed by atoms with van der Waals surface area (Å²) in [6.45, 7) is 2.82. The molecule has 6 heteroatoms. The van der Waals surface area contributed by atoms with Crippen LogP contribution in [-0.2, 0) is 4.79 Å². The van der Waals surface area contributed by atoms with Gasteiger partial charge < -0.3 is 9.80 Å². The minimum Gasteiger partial charge on any atom is -0.326 e. The number of rotatable bonds is 4.